The number of fused-ring (bicyclic) bond motifs is 1. The van der Waals surface area contributed by atoms with Gasteiger partial charge in [-0.1, -0.05) is 23.4 Å². The predicted octanol–water partition coefficient (Wildman–Crippen LogP) is 1.87. The highest BCUT2D eigenvalue weighted by Gasteiger charge is 2.21. The molecule has 1 aliphatic rings. The number of aryl methyl sites for hydroxylation is 1. The van der Waals surface area contributed by atoms with Gasteiger partial charge in [0.15, 0.2) is 5.82 Å². The fourth-order valence-corrected chi connectivity index (χ4v) is 3.08. The average molecular weight is 337 g/mol. The van der Waals surface area contributed by atoms with Crippen molar-refractivity contribution in [3.63, 3.8) is 0 Å². The zero-order valence-corrected chi connectivity index (χ0v) is 14.1. The Hall–Kier alpha value is -2.80. The molecule has 25 heavy (non-hydrogen) atoms. The molecule has 0 saturated heterocycles. The topological polar surface area (TPSA) is 77.0 Å². The first-order valence-corrected chi connectivity index (χ1v) is 8.43. The number of benzene rings is 1. The van der Waals surface area contributed by atoms with E-state index in [0.29, 0.717) is 31.3 Å². The molecule has 0 fully saturated rings. The van der Waals surface area contributed by atoms with Crippen LogP contribution in [0.1, 0.15) is 24.0 Å². The van der Waals surface area contributed by atoms with Crippen LogP contribution in [0.25, 0.3) is 11.5 Å². The highest BCUT2D eigenvalue weighted by molar-refractivity contribution is 5.51. The fourth-order valence-electron chi connectivity index (χ4n) is 3.08. The van der Waals surface area contributed by atoms with Gasteiger partial charge in [-0.05, 0) is 24.6 Å². The largest absolute Gasteiger partial charge is 0.334 e. The van der Waals surface area contributed by atoms with E-state index >= 15 is 0 Å². The van der Waals surface area contributed by atoms with Gasteiger partial charge in [0.05, 0.1) is 12.2 Å². The molecule has 0 bridgehead atoms. The molecule has 0 aliphatic carbocycles. The highest BCUT2D eigenvalue weighted by atomic mass is 16.5. The third-order valence-electron chi connectivity index (χ3n) is 4.38. The quantitative estimate of drug-likeness (QED) is 0.723. The van der Waals surface area contributed by atoms with Crippen molar-refractivity contribution >= 4 is 0 Å². The molecule has 1 aliphatic heterocycles. The summed E-state index contributed by atoms with van der Waals surface area (Å²) in [6.45, 7) is 4.65. The Morgan fingerprint density at radius 1 is 1.24 bits per heavy atom. The maximum atomic E-state index is 12.0. The molecule has 3 heterocycles. The molecule has 0 amide bonds. The standard InChI is InChI=1S/C18H19N5O2/c1-2-23-17(24)10-14-11-22(9-8-15(14)20-23)12-16-19-18(25-21-16)13-6-4-3-5-7-13/h3-7,10H,2,8-9,11-12H2,1H3. The molecular formula is C18H19N5O2. The summed E-state index contributed by atoms with van der Waals surface area (Å²) in [5.74, 6) is 1.18. The van der Waals surface area contributed by atoms with E-state index in [1.807, 2.05) is 37.3 Å². The summed E-state index contributed by atoms with van der Waals surface area (Å²) in [4.78, 5) is 18.7. The van der Waals surface area contributed by atoms with Crippen LogP contribution in [0.3, 0.4) is 0 Å². The number of rotatable bonds is 4. The molecular weight excluding hydrogens is 318 g/mol. The number of hydrogen-bond donors (Lipinski definition) is 0. The van der Waals surface area contributed by atoms with Gasteiger partial charge in [-0.3, -0.25) is 9.69 Å². The molecule has 0 radical (unpaired) electrons. The lowest BCUT2D eigenvalue weighted by Gasteiger charge is -2.26. The van der Waals surface area contributed by atoms with Crippen molar-refractivity contribution in [1.29, 1.82) is 0 Å². The molecule has 0 saturated carbocycles. The van der Waals surface area contributed by atoms with E-state index in [9.17, 15) is 4.79 Å². The van der Waals surface area contributed by atoms with E-state index < -0.39 is 0 Å². The van der Waals surface area contributed by atoms with Crippen molar-refractivity contribution in [3.8, 4) is 11.5 Å². The van der Waals surface area contributed by atoms with E-state index in [2.05, 4.69) is 20.1 Å². The number of nitrogens with zero attached hydrogens (tertiary/aromatic N) is 5. The molecule has 7 nitrogen and oxygen atoms in total. The maximum absolute atomic E-state index is 12.0. The van der Waals surface area contributed by atoms with Crippen molar-refractivity contribution in [2.75, 3.05) is 6.54 Å². The summed E-state index contributed by atoms with van der Waals surface area (Å²) < 4.78 is 6.87. The van der Waals surface area contributed by atoms with E-state index in [1.165, 1.54) is 4.68 Å². The zero-order chi connectivity index (χ0) is 17.2. The maximum Gasteiger partial charge on any atom is 0.267 e. The summed E-state index contributed by atoms with van der Waals surface area (Å²) in [6, 6.07) is 11.4. The number of aromatic nitrogens is 4. The monoisotopic (exact) mass is 337 g/mol. The third kappa shape index (κ3) is 3.23. The Bertz CT molecular complexity index is 932. The van der Waals surface area contributed by atoms with Crippen LogP contribution in [-0.2, 0) is 26.1 Å². The lowest BCUT2D eigenvalue weighted by atomic mass is 10.1. The van der Waals surface area contributed by atoms with Crippen LogP contribution < -0.4 is 5.56 Å². The minimum Gasteiger partial charge on any atom is -0.334 e. The normalized spacial score (nSPS) is 14.4. The molecule has 128 valence electrons. The Balaban J connectivity index is 1.49. The Kier molecular flexibility index (Phi) is 4.15. The molecule has 0 N–H and O–H groups in total. The second-order valence-electron chi connectivity index (χ2n) is 6.11. The Morgan fingerprint density at radius 3 is 2.88 bits per heavy atom. The van der Waals surface area contributed by atoms with E-state index in [-0.39, 0.29) is 5.56 Å². The van der Waals surface area contributed by atoms with Crippen molar-refractivity contribution in [1.82, 2.24) is 24.8 Å². The van der Waals surface area contributed by atoms with E-state index in [1.54, 1.807) is 6.07 Å². The molecule has 3 aromatic rings. The summed E-state index contributed by atoms with van der Waals surface area (Å²) >= 11 is 0. The minimum atomic E-state index is -0.0472. The van der Waals surface area contributed by atoms with Crippen LogP contribution >= 0.6 is 0 Å². The van der Waals surface area contributed by atoms with Gasteiger partial charge in [0.2, 0.25) is 0 Å². The second kappa shape index (κ2) is 6.60. The second-order valence-corrected chi connectivity index (χ2v) is 6.11. The molecule has 0 atom stereocenters. The number of hydrogen-bond acceptors (Lipinski definition) is 6. The summed E-state index contributed by atoms with van der Waals surface area (Å²) in [7, 11) is 0. The molecule has 0 unspecified atom stereocenters. The van der Waals surface area contributed by atoms with Gasteiger partial charge in [-0.2, -0.15) is 10.1 Å². The van der Waals surface area contributed by atoms with Gasteiger partial charge in [-0.25, -0.2) is 4.68 Å². The SMILES string of the molecule is CCn1nc2c(cc1=O)CN(Cc1noc(-c3ccccc3)n1)CC2. The molecule has 1 aromatic carbocycles. The molecule has 7 heteroatoms. The van der Waals surface area contributed by atoms with Crippen LogP contribution in [0.2, 0.25) is 0 Å². The summed E-state index contributed by atoms with van der Waals surface area (Å²) in [5, 5.41) is 8.52. The first-order chi connectivity index (χ1) is 12.2. The van der Waals surface area contributed by atoms with Gasteiger partial charge in [0.1, 0.15) is 0 Å². The van der Waals surface area contributed by atoms with Crippen molar-refractivity contribution < 1.29 is 4.52 Å². The first-order valence-electron chi connectivity index (χ1n) is 8.43. The third-order valence-corrected chi connectivity index (χ3v) is 4.38. The minimum absolute atomic E-state index is 0.0472. The summed E-state index contributed by atoms with van der Waals surface area (Å²) in [6.07, 6.45) is 0.818. The lowest BCUT2D eigenvalue weighted by molar-refractivity contribution is 0.231. The average Bonchev–Trinajstić information content (AvgIpc) is 3.10. The fraction of sp³-hybridized carbons (Fsp3) is 0.333. The van der Waals surface area contributed by atoms with Gasteiger partial charge in [0, 0.05) is 37.7 Å². The lowest BCUT2D eigenvalue weighted by Crippen LogP contribution is -2.34. The smallest absolute Gasteiger partial charge is 0.267 e. The van der Waals surface area contributed by atoms with Gasteiger partial charge >= 0.3 is 0 Å². The molecule has 2 aromatic heterocycles. The van der Waals surface area contributed by atoms with Crippen molar-refractivity contribution in [2.24, 2.45) is 0 Å². The predicted molar refractivity (Wildman–Crippen MR) is 91.7 cm³/mol. The van der Waals surface area contributed by atoms with Crippen molar-refractivity contribution in [2.45, 2.75) is 33.0 Å². The van der Waals surface area contributed by atoms with Gasteiger partial charge in [0.25, 0.3) is 11.4 Å². The zero-order valence-electron chi connectivity index (χ0n) is 14.1. The first kappa shape index (κ1) is 15.7. The van der Waals surface area contributed by atoms with E-state index in [0.717, 1.165) is 29.8 Å². The van der Waals surface area contributed by atoms with Gasteiger partial charge in [-0.15, -0.1) is 0 Å². The van der Waals surface area contributed by atoms with Crippen LogP contribution in [0.5, 0.6) is 0 Å². The molecule has 0 spiro atoms. The van der Waals surface area contributed by atoms with Crippen LogP contribution in [-0.4, -0.2) is 31.4 Å². The Labute approximate surface area is 144 Å². The van der Waals surface area contributed by atoms with Crippen molar-refractivity contribution in [3.05, 3.63) is 63.8 Å². The highest BCUT2D eigenvalue weighted by Crippen LogP contribution is 2.19. The van der Waals surface area contributed by atoms with Crippen LogP contribution in [0.15, 0.2) is 45.7 Å². The van der Waals surface area contributed by atoms with Gasteiger partial charge < -0.3 is 4.52 Å². The molecule has 4 rings (SSSR count). The Morgan fingerprint density at radius 2 is 2.08 bits per heavy atom. The summed E-state index contributed by atoms with van der Waals surface area (Å²) in [5.41, 5.74) is 2.87. The van der Waals surface area contributed by atoms with E-state index in [4.69, 9.17) is 4.52 Å². The van der Waals surface area contributed by atoms with Crippen LogP contribution in [0.4, 0.5) is 0 Å². The van der Waals surface area contributed by atoms with Crippen LogP contribution in [0, 0.1) is 0 Å².